The van der Waals surface area contributed by atoms with E-state index >= 15 is 0 Å². The summed E-state index contributed by atoms with van der Waals surface area (Å²) in [6.45, 7) is 6.51. The van der Waals surface area contributed by atoms with E-state index in [4.69, 9.17) is 20.6 Å². The van der Waals surface area contributed by atoms with E-state index in [9.17, 15) is 4.57 Å². The van der Waals surface area contributed by atoms with Crippen molar-refractivity contribution in [3.63, 3.8) is 0 Å². The number of hydrogen-bond donors (Lipinski definition) is 0. The molecule has 1 unspecified atom stereocenters. The summed E-state index contributed by atoms with van der Waals surface area (Å²) in [5.74, 6) is 0.814. The normalized spacial score (nSPS) is 14.4. The zero-order valence-electron chi connectivity index (χ0n) is 11.8. The van der Waals surface area contributed by atoms with Crippen LogP contribution in [-0.2, 0) is 9.09 Å². The Hall–Kier alpha value is -0.500. The van der Waals surface area contributed by atoms with E-state index in [-0.39, 0.29) is 0 Å². The number of rotatable bonds is 8. The molecular weight excluding hydrogens is 283 g/mol. The van der Waals surface area contributed by atoms with Gasteiger partial charge < -0.3 is 4.52 Å². The number of benzene rings is 1. The molecule has 0 heterocycles. The maximum atomic E-state index is 12.7. The molecule has 0 spiro atoms. The SMILES string of the molecule is CCCCP(=O)(OCC(C)C)Oc1cccc(Cl)c1. The lowest BCUT2D eigenvalue weighted by Gasteiger charge is -2.20. The van der Waals surface area contributed by atoms with Crippen LogP contribution >= 0.6 is 19.2 Å². The Morgan fingerprint density at radius 2 is 2.11 bits per heavy atom. The first-order valence-corrected chi connectivity index (χ1v) is 8.74. The molecule has 0 aliphatic rings. The van der Waals surface area contributed by atoms with Crippen LogP contribution in [0, 0.1) is 5.92 Å². The molecule has 0 bridgehead atoms. The van der Waals surface area contributed by atoms with Crippen molar-refractivity contribution >= 4 is 19.2 Å². The number of unbranched alkanes of at least 4 members (excludes halogenated alkanes) is 1. The maximum Gasteiger partial charge on any atom is 0.379 e. The Morgan fingerprint density at radius 1 is 1.37 bits per heavy atom. The Kier molecular flexibility index (Phi) is 6.92. The highest BCUT2D eigenvalue weighted by Gasteiger charge is 2.26. The standard InChI is InChI=1S/C14H22ClO3P/c1-4-5-9-19(16,17-11-12(2)3)18-14-8-6-7-13(15)10-14/h6-8,10,12H,4-5,9,11H2,1-3H3. The van der Waals surface area contributed by atoms with Gasteiger partial charge in [0.05, 0.1) is 12.8 Å². The Bertz CT molecular complexity index is 434. The van der Waals surface area contributed by atoms with E-state index in [1.165, 1.54) is 0 Å². The van der Waals surface area contributed by atoms with Gasteiger partial charge in [0.1, 0.15) is 5.75 Å². The third-order valence-electron chi connectivity index (χ3n) is 2.43. The Morgan fingerprint density at radius 3 is 2.68 bits per heavy atom. The van der Waals surface area contributed by atoms with E-state index in [0.717, 1.165) is 12.8 Å². The van der Waals surface area contributed by atoms with Crippen molar-refractivity contribution in [1.82, 2.24) is 0 Å². The molecule has 0 amide bonds. The molecule has 19 heavy (non-hydrogen) atoms. The molecule has 1 rings (SSSR count). The van der Waals surface area contributed by atoms with Crippen molar-refractivity contribution in [2.45, 2.75) is 33.6 Å². The van der Waals surface area contributed by atoms with Crippen LogP contribution in [0.4, 0.5) is 0 Å². The lowest BCUT2D eigenvalue weighted by molar-refractivity contribution is 0.233. The topological polar surface area (TPSA) is 35.5 Å². The molecule has 3 nitrogen and oxygen atoms in total. The third kappa shape index (κ3) is 6.47. The van der Waals surface area contributed by atoms with Gasteiger partial charge in [-0.15, -0.1) is 0 Å². The van der Waals surface area contributed by atoms with Gasteiger partial charge in [0.15, 0.2) is 0 Å². The van der Waals surface area contributed by atoms with Crippen LogP contribution in [0.2, 0.25) is 5.02 Å². The predicted molar refractivity (Wildman–Crippen MR) is 80.3 cm³/mol. The second-order valence-electron chi connectivity index (χ2n) is 4.93. The maximum absolute atomic E-state index is 12.7. The van der Waals surface area contributed by atoms with Crippen molar-refractivity contribution in [3.8, 4) is 5.75 Å². The van der Waals surface area contributed by atoms with E-state index in [1.807, 2.05) is 20.8 Å². The second-order valence-corrected chi connectivity index (χ2v) is 7.47. The first kappa shape index (κ1) is 16.6. The number of hydrogen-bond acceptors (Lipinski definition) is 3. The van der Waals surface area contributed by atoms with E-state index < -0.39 is 7.60 Å². The lowest BCUT2D eigenvalue weighted by Crippen LogP contribution is -2.07. The van der Waals surface area contributed by atoms with E-state index in [0.29, 0.717) is 29.5 Å². The summed E-state index contributed by atoms with van der Waals surface area (Å²) in [4.78, 5) is 0. The van der Waals surface area contributed by atoms with Crippen molar-refractivity contribution in [3.05, 3.63) is 29.3 Å². The molecule has 0 aliphatic carbocycles. The van der Waals surface area contributed by atoms with Crippen LogP contribution in [0.1, 0.15) is 33.6 Å². The highest BCUT2D eigenvalue weighted by Crippen LogP contribution is 2.49. The van der Waals surface area contributed by atoms with E-state index in [2.05, 4.69) is 0 Å². The quantitative estimate of drug-likeness (QED) is 0.604. The van der Waals surface area contributed by atoms with Gasteiger partial charge in [0, 0.05) is 5.02 Å². The molecule has 0 aliphatic heterocycles. The number of halogens is 1. The fourth-order valence-corrected chi connectivity index (χ4v) is 3.55. The molecule has 1 aromatic rings. The van der Waals surface area contributed by atoms with Gasteiger partial charge in [-0.05, 0) is 30.5 Å². The van der Waals surface area contributed by atoms with Crippen LogP contribution in [0.25, 0.3) is 0 Å². The fourth-order valence-electron chi connectivity index (χ4n) is 1.44. The summed E-state index contributed by atoms with van der Waals surface area (Å²) < 4.78 is 23.8. The van der Waals surface area contributed by atoms with Gasteiger partial charge in [-0.25, -0.2) is 4.57 Å². The minimum absolute atomic E-state index is 0.318. The summed E-state index contributed by atoms with van der Waals surface area (Å²) >= 11 is 5.90. The Balaban J connectivity index is 2.75. The molecule has 0 aromatic heterocycles. The van der Waals surface area contributed by atoms with Crippen molar-refractivity contribution < 1.29 is 13.6 Å². The fraction of sp³-hybridized carbons (Fsp3) is 0.571. The summed E-state index contributed by atoms with van der Waals surface area (Å²) in [6, 6.07) is 6.91. The molecular formula is C14H22ClO3P. The zero-order chi connectivity index (χ0) is 14.3. The molecule has 108 valence electrons. The van der Waals surface area contributed by atoms with Crippen LogP contribution in [0.3, 0.4) is 0 Å². The second kappa shape index (κ2) is 7.94. The van der Waals surface area contributed by atoms with Crippen LogP contribution in [0.15, 0.2) is 24.3 Å². The minimum atomic E-state index is -3.09. The molecule has 0 radical (unpaired) electrons. The minimum Gasteiger partial charge on any atom is -0.424 e. The van der Waals surface area contributed by atoms with Crippen LogP contribution < -0.4 is 4.52 Å². The summed E-state index contributed by atoms with van der Waals surface area (Å²) in [6.07, 6.45) is 2.20. The van der Waals surface area contributed by atoms with Gasteiger partial charge in [-0.1, -0.05) is 44.9 Å². The molecule has 0 saturated carbocycles. The highest BCUT2D eigenvalue weighted by molar-refractivity contribution is 7.54. The monoisotopic (exact) mass is 304 g/mol. The van der Waals surface area contributed by atoms with Gasteiger partial charge in [0.25, 0.3) is 0 Å². The van der Waals surface area contributed by atoms with Crippen molar-refractivity contribution in [2.24, 2.45) is 5.92 Å². The highest BCUT2D eigenvalue weighted by atomic mass is 35.5. The lowest BCUT2D eigenvalue weighted by atomic mass is 10.2. The Labute approximate surface area is 120 Å². The van der Waals surface area contributed by atoms with Crippen LogP contribution in [0.5, 0.6) is 5.75 Å². The van der Waals surface area contributed by atoms with Gasteiger partial charge in [-0.2, -0.15) is 0 Å². The smallest absolute Gasteiger partial charge is 0.379 e. The summed E-state index contributed by atoms with van der Waals surface area (Å²) in [5.41, 5.74) is 0. The van der Waals surface area contributed by atoms with Crippen LogP contribution in [-0.4, -0.2) is 12.8 Å². The third-order valence-corrected chi connectivity index (χ3v) is 4.56. The summed E-state index contributed by atoms with van der Waals surface area (Å²) in [5, 5.41) is 0.559. The van der Waals surface area contributed by atoms with Gasteiger partial charge in [-0.3, -0.25) is 4.52 Å². The molecule has 1 aromatic carbocycles. The average molecular weight is 305 g/mol. The molecule has 5 heteroatoms. The largest absolute Gasteiger partial charge is 0.424 e. The predicted octanol–water partition coefficient (Wildman–Crippen LogP) is 5.38. The van der Waals surface area contributed by atoms with Gasteiger partial charge >= 0.3 is 7.60 Å². The summed E-state index contributed by atoms with van der Waals surface area (Å²) in [7, 11) is -3.09. The molecule has 0 N–H and O–H groups in total. The van der Waals surface area contributed by atoms with Crippen molar-refractivity contribution in [1.29, 1.82) is 0 Å². The first-order chi connectivity index (χ1) is 8.95. The molecule has 0 fully saturated rings. The average Bonchev–Trinajstić information content (AvgIpc) is 2.34. The zero-order valence-corrected chi connectivity index (χ0v) is 13.4. The molecule has 0 saturated heterocycles. The van der Waals surface area contributed by atoms with Crippen molar-refractivity contribution in [2.75, 3.05) is 12.8 Å². The van der Waals surface area contributed by atoms with Gasteiger partial charge in [0.2, 0.25) is 0 Å². The van der Waals surface area contributed by atoms with E-state index in [1.54, 1.807) is 24.3 Å². The molecule has 1 atom stereocenters. The first-order valence-electron chi connectivity index (χ1n) is 6.64.